The summed E-state index contributed by atoms with van der Waals surface area (Å²) >= 11 is 0. The summed E-state index contributed by atoms with van der Waals surface area (Å²) in [5.74, 6) is -0.295. The molecule has 0 aliphatic heterocycles. The number of ether oxygens (including phenoxy) is 1. The lowest BCUT2D eigenvalue weighted by Crippen LogP contribution is -2.00. The zero-order valence-electron chi connectivity index (χ0n) is 11.1. The van der Waals surface area contributed by atoms with E-state index in [9.17, 15) is 14.9 Å². The number of hydrogen-bond donors (Lipinski definition) is 1. The van der Waals surface area contributed by atoms with Crippen LogP contribution < -0.4 is 4.74 Å². The van der Waals surface area contributed by atoms with Crippen LogP contribution in [0.25, 0.3) is 0 Å². The van der Waals surface area contributed by atoms with E-state index in [1.54, 1.807) is 24.3 Å². The molecule has 1 aromatic carbocycles. The van der Waals surface area contributed by atoms with Crippen LogP contribution in [0.4, 0.5) is 5.69 Å². The maximum atomic E-state index is 10.7. The predicted octanol–water partition coefficient (Wildman–Crippen LogP) is 2.72. The van der Waals surface area contributed by atoms with Crippen molar-refractivity contribution < 1.29 is 19.6 Å². The normalized spacial score (nSPS) is 10.1. The van der Waals surface area contributed by atoms with Gasteiger partial charge in [-0.25, -0.2) is 4.98 Å². The molecule has 1 heterocycles. The number of nitro groups is 1. The monoisotopic (exact) mass is 288 g/mol. The molecule has 21 heavy (non-hydrogen) atoms. The second-order valence-electron chi connectivity index (χ2n) is 4.33. The Morgan fingerprint density at radius 2 is 2.14 bits per heavy atom. The van der Waals surface area contributed by atoms with Crippen molar-refractivity contribution in [1.29, 1.82) is 0 Å². The molecule has 0 saturated carbocycles. The number of pyridine rings is 1. The molecule has 0 atom stereocenters. The van der Waals surface area contributed by atoms with Crippen LogP contribution in [-0.2, 0) is 11.2 Å². The van der Waals surface area contributed by atoms with Gasteiger partial charge in [-0.2, -0.15) is 0 Å². The molecule has 0 aliphatic carbocycles. The van der Waals surface area contributed by atoms with Crippen molar-refractivity contribution in [3.8, 4) is 11.6 Å². The Hall–Kier alpha value is -2.96. The number of carbonyl (C=O) groups is 1. The topological polar surface area (TPSA) is 103 Å². The van der Waals surface area contributed by atoms with Gasteiger partial charge in [0, 0.05) is 12.1 Å². The van der Waals surface area contributed by atoms with Gasteiger partial charge in [-0.3, -0.25) is 14.9 Å². The van der Waals surface area contributed by atoms with Crippen LogP contribution in [0, 0.1) is 17.0 Å². The number of aromatic nitrogens is 1. The fourth-order valence-corrected chi connectivity index (χ4v) is 1.79. The number of rotatable bonds is 5. The van der Waals surface area contributed by atoms with Crippen LogP contribution in [0.3, 0.4) is 0 Å². The zero-order valence-corrected chi connectivity index (χ0v) is 11.1. The Bertz CT molecular complexity index is 700. The van der Waals surface area contributed by atoms with E-state index >= 15 is 0 Å². The third-order valence-electron chi connectivity index (χ3n) is 2.71. The lowest BCUT2D eigenvalue weighted by molar-refractivity contribution is -0.385. The SMILES string of the molecule is Cc1nc(Oc2cccc(CC(=O)O)c2)ccc1[N+](=O)[O-]. The predicted molar refractivity (Wildman–Crippen MR) is 73.5 cm³/mol. The van der Waals surface area contributed by atoms with Gasteiger partial charge in [0.15, 0.2) is 0 Å². The second-order valence-corrected chi connectivity index (χ2v) is 4.33. The number of benzene rings is 1. The lowest BCUT2D eigenvalue weighted by Gasteiger charge is -2.07. The van der Waals surface area contributed by atoms with E-state index < -0.39 is 10.9 Å². The van der Waals surface area contributed by atoms with Crippen LogP contribution in [0.5, 0.6) is 11.6 Å². The number of carboxylic acids is 1. The van der Waals surface area contributed by atoms with Crippen molar-refractivity contribution in [2.45, 2.75) is 13.3 Å². The highest BCUT2D eigenvalue weighted by molar-refractivity contribution is 5.70. The fourth-order valence-electron chi connectivity index (χ4n) is 1.79. The highest BCUT2D eigenvalue weighted by atomic mass is 16.6. The molecule has 0 fully saturated rings. The molecule has 2 aromatic rings. The number of aryl methyl sites for hydroxylation is 1. The number of carboxylic acid groups (broad SMARTS) is 1. The minimum Gasteiger partial charge on any atom is -0.481 e. The second kappa shape index (κ2) is 6.00. The van der Waals surface area contributed by atoms with Gasteiger partial charge in [0.1, 0.15) is 11.4 Å². The fraction of sp³-hybridized carbons (Fsp3) is 0.143. The van der Waals surface area contributed by atoms with Gasteiger partial charge in [-0.05, 0) is 24.6 Å². The average molecular weight is 288 g/mol. The maximum absolute atomic E-state index is 10.7. The van der Waals surface area contributed by atoms with Gasteiger partial charge < -0.3 is 9.84 Å². The highest BCUT2D eigenvalue weighted by Gasteiger charge is 2.12. The molecule has 1 N–H and O–H groups in total. The maximum Gasteiger partial charge on any atom is 0.307 e. The Balaban J connectivity index is 2.20. The molecule has 0 amide bonds. The van der Waals surface area contributed by atoms with E-state index in [1.165, 1.54) is 19.1 Å². The average Bonchev–Trinajstić information content (AvgIpc) is 2.37. The van der Waals surface area contributed by atoms with Crippen LogP contribution >= 0.6 is 0 Å². The van der Waals surface area contributed by atoms with Gasteiger partial charge >= 0.3 is 5.97 Å². The van der Waals surface area contributed by atoms with E-state index in [1.807, 2.05) is 0 Å². The van der Waals surface area contributed by atoms with Crippen molar-refractivity contribution in [1.82, 2.24) is 4.98 Å². The first-order valence-electron chi connectivity index (χ1n) is 6.06. The van der Waals surface area contributed by atoms with E-state index in [4.69, 9.17) is 9.84 Å². The van der Waals surface area contributed by atoms with Gasteiger partial charge in [-0.1, -0.05) is 12.1 Å². The van der Waals surface area contributed by atoms with Crippen molar-refractivity contribution in [3.05, 3.63) is 57.8 Å². The first-order valence-corrected chi connectivity index (χ1v) is 6.06. The number of aliphatic carboxylic acids is 1. The van der Waals surface area contributed by atoms with Crippen molar-refractivity contribution in [2.75, 3.05) is 0 Å². The highest BCUT2D eigenvalue weighted by Crippen LogP contribution is 2.24. The summed E-state index contributed by atoms with van der Waals surface area (Å²) < 4.78 is 5.49. The van der Waals surface area contributed by atoms with Gasteiger partial charge in [0.2, 0.25) is 5.88 Å². The smallest absolute Gasteiger partial charge is 0.307 e. The molecular weight excluding hydrogens is 276 g/mol. The minimum atomic E-state index is -0.934. The van der Waals surface area contributed by atoms with Crippen LogP contribution in [0.2, 0.25) is 0 Å². The summed E-state index contributed by atoms with van der Waals surface area (Å²) in [5.41, 5.74) is 0.764. The minimum absolute atomic E-state index is 0.0815. The molecule has 0 spiro atoms. The van der Waals surface area contributed by atoms with Crippen molar-refractivity contribution >= 4 is 11.7 Å². The third kappa shape index (κ3) is 3.75. The Labute approximate surface area is 120 Å². The zero-order chi connectivity index (χ0) is 15.4. The van der Waals surface area contributed by atoms with E-state index in [-0.39, 0.29) is 23.7 Å². The molecule has 0 saturated heterocycles. The Morgan fingerprint density at radius 1 is 1.38 bits per heavy atom. The molecule has 7 heteroatoms. The quantitative estimate of drug-likeness (QED) is 0.670. The summed E-state index contributed by atoms with van der Waals surface area (Å²) in [7, 11) is 0. The first-order chi connectivity index (χ1) is 9.95. The standard InChI is InChI=1S/C14H12N2O5/c1-9-12(16(19)20)5-6-13(15-9)21-11-4-2-3-10(7-11)8-14(17)18/h2-7H,8H2,1H3,(H,17,18). The molecule has 2 rings (SSSR count). The first kappa shape index (κ1) is 14.4. The molecule has 1 aromatic heterocycles. The molecule has 0 bridgehead atoms. The van der Waals surface area contributed by atoms with E-state index in [0.717, 1.165) is 0 Å². The molecule has 7 nitrogen and oxygen atoms in total. The summed E-state index contributed by atoms with van der Waals surface area (Å²) in [6.45, 7) is 1.52. The summed E-state index contributed by atoms with van der Waals surface area (Å²) in [4.78, 5) is 24.9. The molecule has 0 unspecified atom stereocenters. The third-order valence-corrected chi connectivity index (χ3v) is 2.71. The summed E-state index contributed by atoms with van der Waals surface area (Å²) in [6.07, 6.45) is -0.107. The van der Waals surface area contributed by atoms with Gasteiger partial charge in [-0.15, -0.1) is 0 Å². The van der Waals surface area contributed by atoms with Crippen molar-refractivity contribution in [2.24, 2.45) is 0 Å². The summed E-state index contributed by atoms with van der Waals surface area (Å²) in [6, 6.07) is 9.31. The van der Waals surface area contributed by atoms with Gasteiger partial charge in [0.05, 0.1) is 11.3 Å². The van der Waals surface area contributed by atoms with Crippen molar-refractivity contribution in [3.63, 3.8) is 0 Å². The van der Waals surface area contributed by atoms with E-state index in [0.29, 0.717) is 11.3 Å². The van der Waals surface area contributed by atoms with Gasteiger partial charge in [0.25, 0.3) is 5.69 Å². The Kier molecular flexibility index (Phi) is 4.13. The number of nitrogens with zero attached hydrogens (tertiary/aromatic N) is 2. The largest absolute Gasteiger partial charge is 0.481 e. The molecule has 0 radical (unpaired) electrons. The molecular formula is C14H12N2O5. The molecule has 108 valence electrons. The molecule has 0 aliphatic rings. The lowest BCUT2D eigenvalue weighted by atomic mass is 10.1. The summed E-state index contributed by atoms with van der Waals surface area (Å²) in [5, 5.41) is 19.5. The van der Waals surface area contributed by atoms with Crippen LogP contribution in [-0.4, -0.2) is 21.0 Å². The van der Waals surface area contributed by atoms with Crippen LogP contribution in [0.15, 0.2) is 36.4 Å². The van der Waals surface area contributed by atoms with E-state index in [2.05, 4.69) is 4.98 Å². The van der Waals surface area contributed by atoms with Crippen LogP contribution in [0.1, 0.15) is 11.3 Å². The Morgan fingerprint density at radius 3 is 2.76 bits per heavy atom. The number of hydrogen-bond acceptors (Lipinski definition) is 5.